The van der Waals surface area contributed by atoms with E-state index >= 15 is 0 Å². The zero-order valence-corrected chi connectivity index (χ0v) is 9.56. The highest BCUT2D eigenvalue weighted by molar-refractivity contribution is 5.55. The lowest BCUT2D eigenvalue weighted by Gasteiger charge is -2.01. The molecule has 94 valence electrons. The van der Waals surface area contributed by atoms with Crippen molar-refractivity contribution in [1.82, 2.24) is 15.5 Å². The summed E-state index contributed by atoms with van der Waals surface area (Å²) in [5.74, 6) is -0.230. The Balaban J connectivity index is 1.89. The summed E-state index contributed by atoms with van der Waals surface area (Å²) < 4.78 is 18.4. The SMILES string of the molecule is Oc1ccc(-c2noc([C@H]3CCCN3)n2)cc1F. The number of phenols is 1. The summed E-state index contributed by atoms with van der Waals surface area (Å²) in [6, 6.07) is 4.10. The molecule has 6 heteroatoms. The van der Waals surface area contributed by atoms with Crippen LogP contribution in [-0.4, -0.2) is 21.8 Å². The number of halogens is 1. The van der Waals surface area contributed by atoms with Gasteiger partial charge in [-0.05, 0) is 37.6 Å². The molecule has 0 radical (unpaired) electrons. The first-order valence-corrected chi connectivity index (χ1v) is 5.80. The van der Waals surface area contributed by atoms with E-state index in [9.17, 15) is 4.39 Å². The molecule has 1 aromatic carbocycles. The highest BCUT2D eigenvalue weighted by atomic mass is 19.1. The number of aromatic hydroxyl groups is 1. The normalized spacial score (nSPS) is 19.3. The second-order valence-corrected chi connectivity index (χ2v) is 4.27. The van der Waals surface area contributed by atoms with Crippen molar-refractivity contribution in [1.29, 1.82) is 0 Å². The molecular formula is C12H12FN3O2. The standard InChI is InChI=1S/C12H12FN3O2/c13-8-6-7(3-4-10(8)17)11-15-12(18-16-11)9-2-1-5-14-9/h3-4,6,9,14,17H,1-2,5H2/t9-/m1/s1. The third-order valence-corrected chi connectivity index (χ3v) is 3.01. The Hall–Kier alpha value is -1.95. The molecule has 0 saturated carbocycles. The monoisotopic (exact) mass is 249 g/mol. The fourth-order valence-electron chi connectivity index (χ4n) is 2.04. The molecule has 0 bridgehead atoms. The van der Waals surface area contributed by atoms with Crippen LogP contribution in [0.5, 0.6) is 5.75 Å². The number of phenolic OH excluding ortho intramolecular Hbond substituents is 1. The maximum absolute atomic E-state index is 13.2. The van der Waals surface area contributed by atoms with Crippen LogP contribution in [0, 0.1) is 5.82 Å². The van der Waals surface area contributed by atoms with E-state index in [1.165, 1.54) is 12.1 Å². The van der Waals surface area contributed by atoms with Crippen LogP contribution in [0.4, 0.5) is 4.39 Å². The van der Waals surface area contributed by atoms with E-state index in [4.69, 9.17) is 9.63 Å². The number of benzene rings is 1. The first-order chi connectivity index (χ1) is 8.74. The van der Waals surface area contributed by atoms with Crippen LogP contribution in [0.1, 0.15) is 24.8 Å². The second-order valence-electron chi connectivity index (χ2n) is 4.27. The molecule has 0 aliphatic carbocycles. The van der Waals surface area contributed by atoms with Gasteiger partial charge in [0.05, 0.1) is 6.04 Å². The van der Waals surface area contributed by atoms with Crippen molar-refractivity contribution in [2.75, 3.05) is 6.54 Å². The molecule has 0 unspecified atom stereocenters. The lowest BCUT2D eigenvalue weighted by Crippen LogP contribution is -2.12. The minimum atomic E-state index is -0.696. The molecule has 2 aromatic rings. The van der Waals surface area contributed by atoms with Gasteiger partial charge in [0.1, 0.15) is 0 Å². The summed E-state index contributed by atoms with van der Waals surface area (Å²) >= 11 is 0. The summed E-state index contributed by atoms with van der Waals surface area (Å²) in [5.41, 5.74) is 0.485. The highest BCUT2D eigenvalue weighted by Crippen LogP contribution is 2.26. The molecule has 5 nitrogen and oxygen atoms in total. The Kier molecular flexibility index (Phi) is 2.71. The molecule has 0 spiro atoms. The fourth-order valence-corrected chi connectivity index (χ4v) is 2.04. The van der Waals surface area contributed by atoms with E-state index in [1.807, 2.05) is 0 Å². The predicted octanol–water partition coefficient (Wildman–Crippen LogP) is 2.01. The van der Waals surface area contributed by atoms with E-state index in [0.717, 1.165) is 19.4 Å². The predicted molar refractivity (Wildman–Crippen MR) is 61.3 cm³/mol. The second kappa shape index (κ2) is 4.38. The maximum Gasteiger partial charge on any atom is 0.244 e. The number of aromatic nitrogens is 2. The summed E-state index contributed by atoms with van der Waals surface area (Å²) in [5, 5.41) is 16.2. The Morgan fingerprint density at radius 3 is 3.06 bits per heavy atom. The van der Waals surface area contributed by atoms with E-state index in [-0.39, 0.29) is 11.8 Å². The van der Waals surface area contributed by atoms with E-state index < -0.39 is 5.82 Å². The largest absolute Gasteiger partial charge is 0.505 e. The molecule has 1 fully saturated rings. The van der Waals surface area contributed by atoms with Gasteiger partial charge in [0.25, 0.3) is 0 Å². The van der Waals surface area contributed by atoms with E-state index in [0.29, 0.717) is 17.3 Å². The molecule has 1 saturated heterocycles. The van der Waals surface area contributed by atoms with E-state index in [1.54, 1.807) is 6.07 Å². The van der Waals surface area contributed by atoms with Crippen molar-refractivity contribution in [2.24, 2.45) is 0 Å². The number of nitrogens with one attached hydrogen (secondary N) is 1. The first kappa shape index (κ1) is 11.2. The molecule has 1 atom stereocenters. The lowest BCUT2D eigenvalue weighted by atomic mass is 10.2. The average molecular weight is 249 g/mol. The van der Waals surface area contributed by atoms with Crippen molar-refractivity contribution in [3.63, 3.8) is 0 Å². The van der Waals surface area contributed by atoms with Gasteiger partial charge in [-0.2, -0.15) is 4.98 Å². The van der Waals surface area contributed by atoms with E-state index in [2.05, 4.69) is 15.5 Å². The summed E-state index contributed by atoms with van der Waals surface area (Å²) in [6.45, 7) is 0.941. The molecule has 0 amide bonds. The van der Waals surface area contributed by atoms with Gasteiger partial charge in [-0.3, -0.25) is 0 Å². The van der Waals surface area contributed by atoms with Crippen LogP contribution >= 0.6 is 0 Å². The van der Waals surface area contributed by atoms with Gasteiger partial charge in [0.15, 0.2) is 11.6 Å². The highest BCUT2D eigenvalue weighted by Gasteiger charge is 2.22. The number of nitrogens with zero attached hydrogens (tertiary/aromatic N) is 2. The Morgan fingerprint density at radius 2 is 2.33 bits per heavy atom. The molecule has 3 rings (SSSR count). The van der Waals surface area contributed by atoms with Gasteiger partial charge < -0.3 is 14.9 Å². The fraction of sp³-hybridized carbons (Fsp3) is 0.333. The van der Waals surface area contributed by atoms with Gasteiger partial charge in [0, 0.05) is 5.56 Å². The molecule has 2 heterocycles. The van der Waals surface area contributed by atoms with Crippen molar-refractivity contribution in [2.45, 2.75) is 18.9 Å². The quantitative estimate of drug-likeness (QED) is 0.851. The maximum atomic E-state index is 13.2. The molecule has 2 N–H and O–H groups in total. The van der Waals surface area contributed by atoms with Crippen LogP contribution in [0.15, 0.2) is 22.7 Å². The first-order valence-electron chi connectivity index (χ1n) is 5.80. The topological polar surface area (TPSA) is 71.2 Å². The molecule has 1 aliphatic rings. The Bertz CT molecular complexity index is 564. The summed E-state index contributed by atoms with van der Waals surface area (Å²) in [6.07, 6.45) is 2.04. The van der Waals surface area contributed by atoms with Gasteiger partial charge >= 0.3 is 0 Å². The number of rotatable bonds is 2. The van der Waals surface area contributed by atoms with Crippen LogP contribution < -0.4 is 5.32 Å². The Morgan fingerprint density at radius 1 is 1.44 bits per heavy atom. The minimum Gasteiger partial charge on any atom is -0.505 e. The van der Waals surface area contributed by atoms with Crippen molar-refractivity contribution >= 4 is 0 Å². The third-order valence-electron chi connectivity index (χ3n) is 3.01. The zero-order chi connectivity index (χ0) is 12.5. The average Bonchev–Trinajstić information content (AvgIpc) is 3.01. The summed E-state index contributed by atoms with van der Waals surface area (Å²) in [4.78, 5) is 4.24. The van der Waals surface area contributed by atoms with Gasteiger partial charge in [-0.25, -0.2) is 4.39 Å². The molecular weight excluding hydrogens is 237 g/mol. The van der Waals surface area contributed by atoms with Crippen LogP contribution in [-0.2, 0) is 0 Å². The molecule has 1 aromatic heterocycles. The van der Waals surface area contributed by atoms with Gasteiger partial charge in [0.2, 0.25) is 11.7 Å². The third kappa shape index (κ3) is 1.95. The van der Waals surface area contributed by atoms with Crippen molar-refractivity contribution < 1.29 is 14.0 Å². The van der Waals surface area contributed by atoms with Crippen molar-refractivity contribution in [3.8, 4) is 17.1 Å². The van der Waals surface area contributed by atoms with Crippen LogP contribution in [0.3, 0.4) is 0 Å². The number of hydrogen-bond acceptors (Lipinski definition) is 5. The van der Waals surface area contributed by atoms with Crippen molar-refractivity contribution in [3.05, 3.63) is 29.9 Å². The zero-order valence-electron chi connectivity index (χ0n) is 9.56. The van der Waals surface area contributed by atoms with Crippen LogP contribution in [0.2, 0.25) is 0 Å². The molecule has 18 heavy (non-hydrogen) atoms. The molecule has 1 aliphatic heterocycles. The smallest absolute Gasteiger partial charge is 0.244 e. The van der Waals surface area contributed by atoms with Gasteiger partial charge in [-0.1, -0.05) is 5.16 Å². The van der Waals surface area contributed by atoms with Gasteiger partial charge in [-0.15, -0.1) is 0 Å². The Labute approximate surface area is 103 Å². The summed E-state index contributed by atoms with van der Waals surface area (Å²) in [7, 11) is 0. The number of hydrogen-bond donors (Lipinski definition) is 2. The lowest BCUT2D eigenvalue weighted by molar-refractivity contribution is 0.345. The minimum absolute atomic E-state index is 0.0909. The van der Waals surface area contributed by atoms with Crippen LogP contribution in [0.25, 0.3) is 11.4 Å².